The molecule has 0 aliphatic rings. The number of thiophene rings is 1. The lowest BCUT2D eigenvalue weighted by Crippen LogP contribution is -2.22. The van der Waals surface area contributed by atoms with Crippen LogP contribution < -0.4 is 10.1 Å². The maximum Gasteiger partial charge on any atom is 0.123 e. The Kier molecular flexibility index (Phi) is 5.33. The quantitative estimate of drug-likeness (QED) is 0.784. The molecule has 0 fully saturated rings. The minimum Gasteiger partial charge on any atom is -0.496 e. The first-order chi connectivity index (χ1) is 9.52. The number of nitrogens with one attached hydrogen (secondary N) is 1. The van der Waals surface area contributed by atoms with Crippen LogP contribution in [0.2, 0.25) is 8.67 Å². The first-order valence-electron chi connectivity index (χ1n) is 6.36. The van der Waals surface area contributed by atoms with Crippen molar-refractivity contribution in [3.05, 3.63) is 50.1 Å². The van der Waals surface area contributed by atoms with Gasteiger partial charge in [0.05, 0.1) is 15.8 Å². The Morgan fingerprint density at radius 3 is 2.35 bits per heavy atom. The van der Waals surface area contributed by atoms with Crippen molar-refractivity contribution in [2.45, 2.75) is 25.9 Å². The second-order valence-corrected chi connectivity index (χ2v) is 6.92. The molecule has 108 valence electrons. The van der Waals surface area contributed by atoms with E-state index in [4.69, 9.17) is 27.9 Å². The van der Waals surface area contributed by atoms with Crippen LogP contribution in [0.5, 0.6) is 5.75 Å². The number of para-hydroxylation sites is 1. The van der Waals surface area contributed by atoms with Crippen LogP contribution in [-0.4, -0.2) is 7.11 Å². The van der Waals surface area contributed by atoms with Gasteiger partial charge < -0.3 is 10.1 Å². The highest BCUT2D eigenvalue weighted by Gasteiger charge is 2.17. The first-order valence-corrected chi connectivity index (χ1v) is 7.94. The van der Waals surface area contributed by atoms with Gasteiger partial charge in [0.15, 0.2) is 0 Å². The van der Waals surface area contributed by atoms with E-state index in [0.717, 1.165) is 21.2 Å². The van der Waals surface area contributed by atoms with Crippen molar-refractivity contribution >= 4 is 34.5 Å². The topological polar surface area (TPSA) is 21.3 Å². The summed E-state index contributed by atoms with van der Waals surface area (Å²) in [5.74, 6) is 0.883. The molecule has 0 bridgehead atoms. The summed E-state index contributed by atoms with van der Waals surface area (Å²) in [6.45, 7) is 4.19. The molecule has 0 spiro atoms. The standard InChI is InChI=1S/C15H17Cl2NOS/c1-9(11-6-4-5-7-13(11)19-3)18-10(2)12-8-14(16)20-15(12)17/h4-10,18H,1-3H3/t9-,10?/m1/s1. The number of hydrogen-bond acceptors (Lipinski definition) is 3. The molecule has 1 N–H and O–H groups in total. The van der Waals surface area contributed by atoms with E-state index in [1.165, 1.54) is 11.3 Å². The molecule has 2 rings (SSSR count). The molecule has 0 saturated carbocycles. The average Bonchev–Trinajstić information content (AvgIpc) is 2.77. The van der Waals surface area contributed by atoms with Crippen molar-refractivity contribution in [1.82, 2.24) is 5.32 Å². The highest BCUT2D eigenvalue weighted by atomic mass is 35.5. The van der Waals surface area contributed by atoms with Gasteiger partial charge >= 0.3 is 0 Å². The van der Waals surface area contributed by atoms with E-state index in [9.17, 15) is 0 Å². The van der Waals surface area contributed by atoms with Crippen molar-refractivity contribution in [3.8, 4) is 5.75 Å². The third kappa shape index (κ3) is 3.47. The van der Waals surface area contributed by atoms with E-state index in [-0.39, 0.29) is 12.1 Å². The highest BCUT2D eigenvalue weighted by Crippen LogP contribution is 2.36. The molecule has 0 saturated heterocycles. The molecule has 1 aromatic heterocycles. The Balaban J connectivity index is 2.15. The van der Waals surface area contributed by atoms with Gasteiger partial charge in [-0.25, -0.2) is 0 Å². The van der Waals surface area contributed by atoms with E-state index >= 15 is 0 Å². The van der Waals surface area contributed by atoms with Gasteiger partial charge in [0, 0.05) is 17.6 Å². The van der Waals surface area contributed by atoms with Crippen LogP contribution in [0.15, 0.2) is 30.3 Å². The Hall–Kier alpha value is -0.740. The van der Waals surface area contributed by atoms with Crippen molar-refractivity contribution < 1.29 is 4.74 Å². The predicted molar refractivity (Wildman–Crippen MR) is 87.3 cm³/mol. The van der Waals surface area contributed by atoms with Gasteiger partial charge in [-0.15, -0.1) is 11.3 Å². The fourth-order valence-corrected chi connectivity index (χ4v) is 3.87. The van der Waals surface area contributed by atoms with Crippen LogP contribution >= 0.6 is 34.5 Å². The summed E-state index contributed by atoms with van der Waals surface area (Å²) in [4.78, 5) is 0. The molecular formula is C15H17Cl2NOS. The Bertz CT molecular complexity index is 585. The number of benzene rings is 1. The zero-order valence-electron chi connectivity index (χ0n) is 11.6. The monoisotopic (exact) mass is 329 g/mol. The molecular weight excluding hydrogens is 313 g/mol. The molecule has 0 aliphatic carbocycles. The van der Waals surface area contributed by atoms with Gasteiger partial charge in [0.25, 0.3) is 0 Å². The maximum absolute atomic E-state index is 6.20. The van der Waals surface area contributed by atoms with E-state index < -0.39 is 0 Å². The third-order valence-corrected chi connectivity index (χ3v) is 4.77. The molecule has 2 aromatic rings. The molecule has 2 nitrogen and oxygen atoms in total. The molecule has 5 heteroatoms. The van der Waals surface area contributed by atoms with Crippen molar-refractivity contribution in [1.29, 1.82) is 0 Å². The highest BCUT2D eigenvalue weighted by molar-refractivity contribution is 7.20. The Morgan fingerprint density at radius 1 is 1.10 bits per heavy atom. The number of halogens is 2. The Morgan fingerprint density at radius 2 is 1.75 bits per heavy atom. The van der Waals surface area contributed by atoms with Crippen LogP contribution in [0.4, 0.5) is 0 Å². The largest absolute Gasteiger partial charge is 0.496 e. The van der Waals surface area contributed by atoms with E-state index in [1.54, 1.807) is 7.11 Å². The van der Waals surface area contributed by atoms with Crippen LogP contribution in [0, 0.1) is 0 Å². The lowest BCUT2D eigenvalue weighted by molar-refractivity contribution is 0.396. The number of methoxy groups -OCH3 is 1. The summed E-state index contributed by atoms with van der Waals surface area (Å²) >= 11 is 13.6. The summed E-state index contributed by atoms with van der Waals surface area (Å²) in [6.07, 6.45) is 0. The summed E-state index contributed by atoms with van der Waals surface area (Å²) in [6, 6.07) is 10.2. The summed E-state index contributed by atoms with van der Waals surface area (Å²) < 4.78 is 6.85. The SMILES string of the molecule is COc1ccccc1[C@@H](C)NC(C)c1cc(Cl)sc1Cl. The molecule has 2 atom stereocenters. The maximum atomic E-state index is 6.20. The second kappa shape index (κ2) is 6.81. The summed E-state index contributed by atoms with van der Waals surface area (Å²) in [5.41, 5.74) is 2.16. The van der Waals surface area contributed by atoms with Gasteiger partial charge in [-0.05, 0) is 31.5 Å². The van der Waals surface area contributed by atoms with Crippen LogP contribution in [-0.2, 0) is 0 Å². The normalized spacial score (nSPS) is 14.1. The van der Waals surface area contributed by atoms with Crippen molar-refractivity contribution in [2.24, 2.45) is 0 Å². The van der Waals surface area contributed by atoms with Crippen LogP contribution in [0.25, 0.3) is 0 Å². The fourth-order valence-electron chi connectivity index (χ4n) is 2.23. The third-order valence-electron chi connectivity index (χ3n) is 3.25. The number of rotatable bonds is 5. The first kappa shape index (κ1) is 15.6. The molecule has 0 aliphatic heterocycles. The van der Waals surface area contributed by atoms with E-state index in [0.29, 0.717) is 4.34 Å². The molecule has 1 heterocycles. The minimum absolute atomic E-state index is 0.117. The lowest BCUT2D eigenvalue weighted by Gasteiger charge is -2.21. The Labute approximate surface area is 133 Å². The van der Waals surface area contributed by atoms with Gasteiger partial charge in [-0.2, -0.15) is 0 Å². The van der Waals surface area contributed by atoms with Gasteiger partial charge in [0.1, 0.15) is 5.75 Å². The summed E-state index contributed by atoms with van der Waals surface area (Å²) in [5, 5.41) is 3.52. The van der Waals surface area contributed by atoms with Gasteiger partial charge in [-0.3, -0.25) is 0 Å². The van der Waals surface area contributed by atoms with Gasteiger partial charge in [0.2, 0.25) is 0 Å². The number of hydrogen-bond donors (Lipinski definition) is 1. The molecule has 0 amide bonds. The molecule has 1 unspecified atom stereocenters. The zero-order valence-corrected chi connectivity index (χ0v) is 13.9. The minimum atomic E-state index is 0.117. The van der Waals surface area contributed by atoms with Crippen molar-refractivity contribution in [3.63, 3.8) is 0 Å². The average molecular weight is 330 g/mol. The second-order valence-electron chi connectivity index (χ2n) is 4.63. The summed E-state index contributed by atoms with van der Waals surface area (Å²) in [7, 11) is 1.69. The smallest absolute Gasteiger partial charge is 0.123 e. The van der Waals surface area contributed by atoms with Crippen LogP contribution in [0.1, 0.15) is 37.1 Å². The predicted octanol–water partition coefficient (Wildman–Crippen LogP) is 5.48. The molecule has 20 heavy (non-hydrogen) atoms. The fraction of sp³-hybridized carbons (Fsp3) is 0.333. The van der Waals surface area contributed by atoms with Gasteiger partial charge in [-0.1, -0.05) is 41.4 Å². The molecule has 1 aromatic carbocycles. The zero-order chi connectivity index (χ0) is 14.7. The van der Waals surface area contributed by atoms with Crippen LogP contribution in [0.3, 0.4) is 0 Å². The van der Waals surface area contributed by atoms with E-state index in [2.05, 4.69) is 25.2 Å². The van der Waals surface area contributed by atoms with Crippen molar-refractivity contribution in [2.75, 3.05) is 7.11 Å². The molecule has 0 radical (unpaired) electrons. The lowest BCUT2D eigenvalue weighted by atomic mass is 10.0. The van der Waals surface area contributed by atoms with E-state index in [1.807, 2.05) is 24.3 Å². The number of ether oxygens (including phenoxy) is 1.